The highest BCUT2D eigenvalue weighted by molar-refractivity contribution is 5.69. The fraction of sp³-hybridized carbons (Fsp3) is 0.562. The molecular weight excluding hydrogens is 294 g/mol. The highest BCUT2D eigenvalue weighted by Crippen LogP contribution is 2.23. The van der Waals surface area contributed by atoms with Crippen LogP contribution in [0.1, 0.15) is 30.4 Å². The number of benzene rings is 1. The molecule has 0 saturated carbocycles. The van der Waals surface area contributed by atoms with Crippen molar-refractivity contribution in [2.75, 3.05) is 19.9 Å². The molecule has 122 valence electrons. The maximum Gasteiger partial charge on any atom is 0.318 e. The number of hydrogen-bond donors (Lipinski definition) is 0. The van der Waals surface area contributed by atoms with E-state index in [4.69, 9.17) is 14.2 Å². The number of alkyl halides is 2. The van der Waals surface area contributed by atoms with Gasteiger partial charge in [-0.15, -0.1) is 0 Å². The van der Waals surface area contributed by atoms with Gasteiger partial charge in [0.2, 0.25) is 0 Å². The molecule has 6 heteroatoms. The molecule has 2 rings (SSSR count). The summed E-state index contributed by atoms with van der Waals surface area (Å²) in [6, 6.07) is 7.62. The van der Waals surface area contributed by atoms with Crippen LogP contribution in [0, 0.1) is 0 Å². The van der Waals surface area contributed by atoms with Gasteiger partial charge in [0.15, 0.2) is 0 Å². The van der Waals surface area contributed by atoms with Gasteiger partial charge in [-0.3, -0.25) is 9.18 Å². The van der Waals surface area contributed by atoms with E-state index in [1.54, 1.807) is 0 Å². The first-order valence-electron chi connectivity index (χ1n) is 7.30. The number of hydrogen-bond acceptors (Lipinski definition) is 4. The standard InChI is InChI=1S/C16H20F2O4/c1-11(18)8-12-2-4-13(5-3-12)14-9-20-16(21-10-14)22-15(19)6-7-17/h2-5,11,14,16H,6-10H2,1H3. The number of esters is 1. The molecule has 4 nitrogen and oxygen atoms in total. The number of carbonyl (C=O) groups excluding carboxylic acids is 1. The highest BCUT2D eigenvalue weighted by Gasteiger charge is 2.26. The summed E-state index contributed by atoms with van der Waals surface area (Å²) in [5.74, 6) is -0.663. The summed E-state index contributed by atoms with van der Waals surface area (Å²) in [4.78, 5) is 11.1. The number of ether oxygens (including phenoxy) is 3. The molecule has 0 radical (unpaired) electrons. The quantitative estimate of drug-likeness (QED) is 0.757. The molecule has 1 aliphatic heterocycles. The molecule has 22 heavy (non-hydrogen) atoms. The molecule has 1 aromatic carbocycles. The van der Waals surface area contributed by atoms with Gasteiger partial charge in [-0.1, -0.05) is 24.3 Å². The fourth-order valence-corrected chi connectivity index (χ4v) is 2.24. The second-order valence-electron chi connectivity index (χ2n) is 5.31. The van der Waals surface area contributed by atoms with Crippen LogP contribution in [0.25, 0.3) is 0 Å². The number of rotatable bonds is 6. The Balaban J connectivity index is 1.82. The summed E-state index contributed by atoms with van der Waals surface area (Å²) in [5.41, 5.74) is 1.96. The molecule has 1 aromatic rings. The molecule has 0 amide bonds. The predicted octanol–water partition coefficient (Wildman–Crippen LogP) is 2.90. The Hall–Kier alpha value is -1.53. The van der Waals surface area contributed by atoms with E-state index < -0.39 is 25.3 Å². The molecule has 0 aromatic heterocycles. The maximum atomic E-state index is 12.9. The molecule has 1 saturated heterocycles. The molecule has 0 N–H and O–H groups in total. The van der Waals surface area contributed by atoms with Crippen molar-refractivity contribution in [3.63, 3.8) is 0 Å². The molecule has 1 unspecified atom stereocenters. The maximum absolute atomic E-state index is 12.9. The van der Waals surface area contributed by atoms with E-state index in [0.29, 0.717) is 19.6 Å². The lowest BCUT2D eigenvalue weighted by atomic mass is 9.98. The molecule has 1 aliphatic rings. The lowest BCUT2D eigenvalue weighted by molar-refractivity contribution is -0.301. The monoisotopic (exact) mass is 314 g/mol. The first-order valence-corrected chi connectivity index (χ1v) is 7.30. The number of carbonyl (C=O) groups is 1. The van der Waals surface area contributed by atoms with Crippen LogP contribution in [-0.4, -0.2) is 38.5 Å². The van der Waals surface area contributed by atoms with E-state index in [2.05, 4.69) is 0 Å². The van der Waals surface area contributed by atoms with Crippen LogP contribution < -0.4 is 0 Å². The van der Waals surface area contributed by atoms with Crippen LogP contribution in [0.5, 0.6) is 0 Å². The third-order valence-electron chi connectivity index (χ3n) is 3.36. The molecule has 1 heterocycles. The smallest absolute Gasteiger partial charge is 0.318 e. The van der Waals surface area contributed by atoms with Crippen LogP contribution in [-0.2, 0) is 25.4 Å². The first-order chi connectivity index (χ1) is 10.6. The molecule has 0 bridgehead atoms. The van der Waals surface area contributed by atoms with Crippen molar-refractivity contribution in [2.24, 2.45) is 0 Å². The summed E-state index contributed by atoms with van der Waals surface area (Å²) in [6.45, 7) is 0.375. The zero-order valence-electron chi connectivity index (χ0n) is 12.5. The van der Waals surface area contributed by atoms with Crippen LogP contribution >= 0.6 is 0 Å². The SMILES string of the molecule is CC(F)Cc1ccc(C2COC(OC(=O)CCF)OC2)cc1. The molecule has 0 spiro atoms. The van der Waals surface area contributed by atoms with Gasteiger partial charge in [0.05, 0.1) is 26.3 Å². The van der Waals surface area contributed by atoms with E-state index in [-0.39, 0.29) is 12.3 Å². The summed E-state index contributed by atoms with van der Waals surface area (Å²) in [7, 11) is 0. The third kappa shape index (κ3) is 5.03. The van der Waals surface area contributed by atoms with Gasteiger partial charge >= 0.3 is 12.4 Å². The van der Waals surface area contributed by atoms with E-state index >= 15 is 0 Å². The Kier molecular flexibility index (Phi) is 6.27. The first kappa shape index (κ1) is 16.8. The molecule has 1 atom stereocenters. The predicted molar refractivity (Wildman–Crippen MR) is 75.8 cm³/mol. The minimum atomic E-state index is -1.07. The van der Waals surface area contributed by atoms with Crippen molar-refractivity contribution in [3.05, 3.63) is 35.4 Å². The third-order valence-corrected chi connectivity index (χ3v) is 3.36. The Bertz CT molecular complexity index is 468. The van der Waals surface area contributed by atoms with Gasteiger partial charge in [0.25, 0.3) is 0 Å². The average Bonchev–Trinajstić information content (AvgIpc) is 2.48. The van der Waals surface area contributed by atoms with Crippen molar-refractivity contribution >= 4 is 5.97 Å². The van der Waals surface area contributed by atoms with Gasteiger partial charge in [-0.2, -0.15) is 0 Å². The Labute approximate surface area is 128 Å². The summed E-state index contributed by atoms with van der Waals surface area (Å²) < 4.78 is 40.4. The van der Waals surface area contributed by atoms with E-state index in [9.17, 15) is 13.6 Å². The topological polar surface area (TPSA) is 44.8 Å². The van der Waals surface area contributed by atoms with Gasteiger partial charge < -0.3 is 14.2 Å². The average molecular weight is 314 g/mol. The zero-order chi connectivity index (χ0) is 15.9. The summed E-state index contributed by atoms with van der Waals surface area (Å²) in [5, 5.41) is 0. The van der Waals surface area contributed by atoms with Gasteiger partial charge in [0, 0.05) is 12.3 Å². The summed E-state index contributed by atoms with van der Waals surface area (Å²) >= 11 is 0. The Morgan fingerprint density at radius 2 is 1.95 bits per heavy atom. The van der Waals surface area contributed by atoms with E-state index in [1.165, 1.54) is 6.92 Å². The van der Waals surface area contributed by atoms with Crippen molar-refractivity contribution in [1.29, 1.82) is 0 Å². The fourth-order valence-electron chi connectivity index (χ4n) is 2.24. The molecular formula is C16H20F2O4. The van der Waals surface area contributed by atoms with Crippen LogP contribution in [0.2, 0.25) is 0 Å². The second kappa shape index (κ2) is 8.19. The second-order valence-corrected chi connectivity index (χ2v) is 5.31. The van der Waals surface area contributed by atoms with Gasteiger partial charge in [-0.05, 0) is 18.1 Å². The van der Waals surface area contributed by atoms with Crippen LogP contribution in [0.15, 0.2) is 24.3 Å². The minimum absolute atomic E-state index is 0.0213. The zero-order valence-corrected chi connectivity index (χ0v) is 12.5. The summed E-state index contributed by atoms with van der Waals surface area (Å²) in [6.07, 6.45) is -0.780. The van der Waals surface area contributed by atoms with Gasteiger partial charge in [0.1, 0.15) is 6.17 Å². The Morgan fingerprint density at radius 1 is 1.32 bits per heavy atom. The number of halogens is 2. The van der Waals surface area contributed by atoms with Crippen molar-refractivity contribution in [3.8, 4) is 0 Å². The van der Waals surface area contributed by atoms with Crippen LogP contribution in [0.4, 0.5) is 8.78 Å². The van der Waals surface area contributed by atoms with E-state index in [1.807, 2.05) is 24.3 Å². The lowest BCUT2D eigenvalue weighted by Crippen LogP contribution is -2.34. The van der Waals surface area contributed by atoms with Crippen molar-refractivity contribution < 1.29 is 27.8 Å². The van der Waals surface area contributed by atoms with Crippen LogP contribution in [0.3, 0.4) is 0 Å². The van der Waals surface area contributed by atoms with Crippen molar-refractivity contribution in [2.45, 2.75) is 38.3 Å². The van der Waals surface area contributed by atoms with Crippen molar-refractivity contribution in [1.82, 2.24) is 0 Å². The molecule has 1 fully saturated rings. The highest BCUT2D eigenvalue weighted by atomic mass is 19.1. The minimum Gasteiger partial charge on any atom is -0.410 e. The Morgan fingerprint density at radius 3 is 2.50 bits per heavy atom. The lowest BCUT2D eigenvalue weighted by Gasteiger charge is -2.28. The normalized spacial score (nSPS) is 23.0. The van der Waals surface area contributed by atoms with E-state index in [0.717, 1.165) is 11.1 Å². The largest absolute Gasteiger partial charge is 0.410 e. The van der Waals surface area contributed by atoms with Gasteiger partial charge in [-0.25, -0.2) is 4.39 Å². The molecule has 0 aliphatic carbocycles.